The average molecular weight is 284 g/mol. The van der Waals surface area contributed by atoms with Gasteiger partial charge in [-0.25, -0.2) is 4.39 Å². The van der Waals surface area contributed by atoms with Gasteiger partial charge in [0.05, 0.1) is 5.52 Å². The Morgan fingerprint density at radius 1 is 1.24 bits per heavy atom. The second-order valence-corrected chi connectivity index (χ2v) is 4.69. The molecule has 0 aliphatic carbocycles. The number of anilines is 1. The minimum Gasteiger partial charge on any atom is -0.399 e. The summed E-state index contributed by atoms with van der Waals surface area (Å²) in [5, 5.41) is 10.2. The minimum absolute atomic E-state index is 0.291. The van der Waals surface area contributed by atoms with E-state index in [4.69, 9.17) is 5.73 Å². The zero-order valence-corrected chi connectivity index (χ0v) is 11.1. The molecular formula is C15H13FN4O. The lowest BCUT2D eigenvalue weighted by molar-refractivity contribution is 0.0947. The number of benzene rings is 2. The van der Waals surface area contributed by atoms with E-state index in [-0.39, 0.29) is 11.7 Å². The van der Waals surface area contributed by atoms with Gasteiger partial charge >= 0.3 is 0 Å². The van der Waals surface area contributed by atoms with Gasteiger partial charge in [-0.3, -0.25) is 9.89 Å². The molecule has 0 unspecified atom stereocenters. The number of fused-ring (bicyclic) bond motifs is 1. The fourth-order valence-corrected chi connectivity index (χ4v) is 2.07. The molecule has 4 N–H and O–H groups in total. The highest BCUT2D eigenvalue weighted by atomic mass is 19.1. The number of hydrogen-bond acceptors (Lipinski definition) is 3. The molecule has 0 saturated carbocycles. The van der Waals surface area contributed by atoms with Crippen LogP contribution >= 0.6 is 0 Å². The number of nitrogen functional groups attached to an aromatic ring is 1. The normalized spacial score (nSPS) is 10.7. The number of aromatic nitrogens is 2. The maximum Gasteiger partial charge on any atom is 0.272 e. The minimum atomic E-state index is -0.309. The van der Waals surface area contributed by atoms with Crippen LogP contribution in [0.25, 0.3) is 10.9 Å². The lowest BCUT2D eigenvalue weighted by Crippen LogP contribution is -2.23. The number of carbonyl (C=O) groups is 1. The van der Waals surface area contributed by atoms with E-state index < -0.39 is 0 Å². The largest absolute Gasteiger partial charge is 0.399 e. The Labute approximate surface area is 120 Å². The van der Waals surface area contributed by atoms with Gasteiger partial charge in [-0.15, -0.1) is 0 Å². The van der Waals surface area contributed by atoms with E-state index in [1.54, 1.807) is 30.3 Å². The highest BCUT2D eigenvalue weighted by Crippen LogP contribution is 2.18. The molecule has 0 saturated heterocycles. The Hall–Kier alpha value is -2.89. The molecule has 3 rings (SSSR count). The third-order valence-corrected chi connectivity index (χ3v) is 3.17. The number of nitrogens with one attached hydrogen (secondary N) is 2. The smallest absolute Gasteiger partial charge is 0.272 e. The number of hydrogen-bond donors (Lipinski definition) is 3. The van der Waals surface area contributed by atoms with Crippen LogP contribution < -0.4 is 11.1 Å². The first-order valence-corrected chi connectivity index (χ1v) is 6.40. The Balaban J connectivity index is 1.78. The third-order valence-electron chi connectivity index (χ3n) is 3.17. The molecule has 21 heavy (non-hydrogen) atoms. The van der Waals surface area contributed by atoms with Crippen LogP contribution in [0, 0.1) is 5.82 Å². The molecule has 2 aromatic carbocycles. The van der Waals surface area contributed by atoms with Crippen molar-refractivity contribution in [2.24, 2.45) is 0 Å². The molecule has 0 bridgehead atoms. The van der Waals surface area contributed by atoms with Gasteiger partial charge in [-0.1, -0.05) is 12.1 Å². The number of carbonyl (C=O) groups excluding carboxylic acids is 1. The van der Waals surface area contributed by atoms with Crippen molar-refractivity contribution in [1.29, 1.82) is 0 Å². The number of aromatic amines is 1. The van der Waals surface area contributed by atoms with Crippen LogP contribution in [0.2, 0.25) is 0 Å². The number of amides is 1. The predicted molar refractivity (Wildman–Crippen MR) is 78.1 cm³/mol. The molecule has 5 nitrogen and oxygen atoms in total. The van der Waals surface area contributed by atoms with E-state index in [9.17, 15) is 9.18 Å². The molecule has 0 radical (unpaired) electrons. The zero-order chi connectivity index (χ0) is 14.8. The fraction of sp³-hybridized carbons (Fsp3) is 0.0667. The van der Waals surface area contributed by atoms with Gasteiger partial charge in [0.15, 0.2) is 5.69 Å². The number of halogens is 1. The molecule has 0 aliphatic rings. The highest BCUT2D eigenvalue weighted by Gasteiger charge is 2.13. The quantitative estimate of drug-likeness (QED) is 0.645. The fourth-order valence-electron chi connectivity index (χ4n) is 2.07. The van der Waals surface area contributed by atoms with Crippen molar-refractivity contribution >= 4 is 22.5 Å². The van der Waals surface area contributed by atoms with E-state index in [2.05, 4.69) is 15.5 Å². The molecule has 1 heterocycles. The van der Waals surface area contributed by atoms with Crippen molar-refractivity contribution in [2.75, 3.05) is 5.73 Å². The van der Waals surface area contributed by atoms with Gasteiger partial charge in [-0.2, -0.15) is 5.10 Å². The highest BCUT2D eigenvalue weighted by molar-refractivity contribution is 6.05. The molecule has 6 heteroatoms. The predicted octanol–water partition coefficient (Wildman–Crippen LogP) is 2.21. The summed E-state index contributed by atoms with van der Waals surface area (Å²) in [4.78, 5) is 12.2. The van der Waals surface area contributed by atoms with Gasteiger partial charge in [0.2, 0.25) is 0 Å². The van der Waals surface area contributed by atoms with Crippen molar-refractivity contribution in [3.63, 3.8) is 0 Å². The van der Waals surface area contributed by atoms with Gasteiger partial charge < -0.3 is 11.1 Å². The van der Waals surface area contributed by atoms with Crippen LogP contribution in [0.4, 0.5) is 10.1 Å². The molecule has 3 aromatic rings. The van der Waals surface area contributed by atoms with Crippen LogP contribution in [-0.4, -0.2) is 16.1 Å². The summed E-state index contributed by atoms with van der Waals surface area (Å²) < 4.78 is 12.8. The summed E-state index contributed by atoms with van der Waals surface area (Å²) >= 11 is 0. The van der Waals surface area contributed by atoms with Crippen LogP contribution in [0.3, 0.4) is 0 Å². The number of nitrogens with zero attached hydrogens (tertiary/aromatic N) is 1. The topological polar surface area (TPSA) is 83.8 Å². The van der Waals surface area contributed by atoms with Crippen molar-refractivity contribution in [1.82, 2.24) is 15.5 Å². The summed E-state index contributed by atoms with van der Waals surface area (Å²) in [6.45, 7) is 0.301. The summed E-state index contributed by atoms with van der Waals surface area (Å²) in [5.74, 6) is -0.616. The van der Waals surface area contributed by atoms with Crippen molar-refractivity contribution in [3.05, 3.63) is 59.5 Å². The number of H-pyrrole nitrogens is 1. The Kier molecular flexibility index (Phi) is 3.27. The van der Waals surface area contributed by atoms with Crippen LogP contribution in [0.1, 0.15) is 16.1 Å². The van der Waals surface area contributed by atoms with Gasteiger partial charge in [0.25, 0.3) is 5.91 Å². The van der Waals surface area contributed by atoms with Crippen LogP contribution in [-0.2, 0) is 6.54 Å². The molecule has 0 aliphatic heterocycles. The Bertz CT molecular complexity index is 795. The third kappa shape index (κ3) is 2.69. The molecular weight excluding hydrogens is 271 g/mol. The number of nitrogens with two attached hydrogens (primary N) is 1. The van der Waals surface area contributed by atoms with Crippen molar-refractivity contribution in [3.8, 4) is 0 Å². The van der Waals surface area contributed by atoms with E-state index in [1.807, 2.05) is 0 Å². The van der Waals surface area contributed by atoms with Crippen molar-refractivity contribution in [2.45, 2.75) is 6.54 Å². The summed E-state index contributed by atoms with van der Waals surface area (Å²) in [5.41, 5.74) is 8.14. The monoisotopic (exact) mass is 284 g/mol. The summed E-state index contributed by atoms with van der Waals surface area (Å²) in [6.07, 6.45) is 0. The van der Waals surface area contributed by atoms with E-state index >= 15 is 0 Å². The van der Waals surface area contributed by atoms with Crippen LogP contribution in [0.15, 0.2) is 42.5 Å². The Morgan fingerprint density at radius 2 is 2.00 bits per heavy atom. The maximum absolute atomic E-state index is 12.8. The van der Waals surface area contributed by atoms with Gasteiger partial charge in [0.1, 0.15) is 5.82 Å². The molecule has 0 spiro atoms. The SMILES string of the molecule is Nc1ccc2[nH]nc(C(=O)NCc3ccc(F)cc3)c2c1. The van der Waals surface area contributed by atoms with Gasteiger partial charge in [-0.05, 0) is 35.9 Å². The molecule has 0 atom stereocenters. The average Bonchev–Trinajstić information content (AvgIpc) is 2.89. The first-order valence-electron chi connectivity index (χ1n) is 6.40. The second kappa shape index (κ2) is 5.24. The molecule has 1 aromatic heterocycles. The number of rotatable bonds is 3. The lowest BCUT2D eigenvalue weighted by atomic mass is 10.1. The molecule has 0 fully saturated rings. The van der Waals surface area contributed by atoms with Gasteiger partial charge in [0, 0.05) is 17.6 Å². The van der Waals surface area contributed by atoms with E-state index in [0.29, 0.717) is 23.3 Å². The lowest BCUT2D eigenvalue weighted by Gasteiger charge is -2.04. The van der Waals surface area contributed by atoms with Crippen molar-refractivity contribution < 1.29 is 9.18 Å². The zero-order valence-electron chi connectivity index (χ0n) is 11.1. The molecule has 106 valence electrons. The maximum atomic E-state index is 12.8. The first kappa shape index (κ1) is 13.1. The summed E-state index contributed by atoms with van der Waals surface area (Å²) in [7, 11) is 0. The Morgan fingerprint density at radius 3 is 2.76 bits per heavy atom. The van der Waals surface area contributed by atoms with E-state index in [0.717, 1.165) is 11.1 Å². The molecule has 1 amide bonds. The summed E-state index contributed by atoms with van der Waals surface area (Å²) in [6, 6.07) is 11.2. The second-order valence-electron chi connectivity index (χ2n) is 4.69. The van der Waals surface area contributed by atoms with E-state index in [1.165, 1.54) is 12.1 Å². The van der Waals surface area contributed by atoms with Crippen LogP contribution in [0.5, 0.6) is 0 Å². The first-order chi connectivity index (χ1) is 10.1. The standard InChI is InChI=1S/C15H13FN4O/c16-10-3-1-9(2-4-10)8-18-15(21)14-12-7-11(17)5-6-13(12)19-20-14/h1-7H,8,17H2,(H,18,21)(H,19,20).